The van der Waals surface area contributed by atoms with E-state index < -0.39 is 42.7 Å². The summed E-state index contributed by atoms with van der Waals surface area (Å²) in [7, 11) is -8.70. The highest BCUT2D eigenvalue weighted by Crippen LogP contribution is 2.74. The van der Waals surface area contributed by atoms with E-state index in [0.717, 1.165) is 0 Å². The standard InChI is InChI=1S/C36H72Si6/c1-37(31-19-7-8-20-31)38(2,32-21-9-10-22-32)40(4,34-25-13-14-26-34)42(6,36-29-17-18-30-36)41(5,35-27-15-16-28-35)39(37,3)33-23-11-12-24-33/h31-36H,7-30H2,1-6H3. The normalized spacial score (nSPS) is 49.3. The second-order valence-electron chi connectivity index (χ2n) is 19.1. The van der Waals surface area contributed by atoms with Crippen LogP contribution in [0.5, 0.6) is 0 Å². The minimum atomic E-state index is -1.45. The third-order valence-electron chi connectivity index (χ3n) is 19.5. The van der Waals surface area contributed by atoms with Crippen LogP contribution in [-0.2, 0) is 0 Å². The molecule has 0 atom stereocenters. The Morgan fingerprint density at radius 3 is 0.405 bits per heavy atom. The fourth-order valence-electron chi connectivity index (χ4n) is 17.3. The fourth-order valence-corrected chi connectivity index (χ4v) is 288. The average Bonchev–Trinajstić information content (AvgIpc) is 3.85. The third-order valence-corrected chi connectivity index (χ3v) is 169. The number of rotatable bonds is 6. The van der Waals surface area contributed by atoms with Crippen LogP contribution in [0.2, 0.25) is 72.5 Å². The van der Waals surface area contributed by atoms with Crippen molar-refractivity contribution in [3.05, 3.63) is 0 Å². The van der Waals surface area contributed by atoms with Crippen LogP contribution in [0.25, 0.3) is 0 Å². The number of hydrogen-bond acceptors (Lipinski definition) is 0. The van der Waals surface area contributed by atoms with Gasteiger partial charge < -0.3 is 0 Å². The summed E-state index contributed by atoms with van der Waals surface area (Å²) in [5, 5.41) is 0. The largest absolute Gasteiger partial charge is 0.0731 e. The highest BCUT2D eigenvalue weighted by molar-refractivity contribution is 8.14. The highest BCUT2D eigenvalue weighted by atomic mass is 30.2. The molecular weight excluding hydrogens is 601 g/mol. The van der Waals surface area contributed by atoms with Gasteiger partial charge in [0.25, 0.3) is 0 Å². The molecule has 7 aliphatic rings. The van der Waals surface area contributed by atoms with Crippen LogP contribution in [0.15, 0.2) is 0 Å². The molecule has 1 heterocycles. The van der Waals surface area contributed by atoms with Gasteiger partial charge in [-0.25, -0.2) is 0 Å². The predicted molar refractivity (Wildman–Crippen MR) is 203 cm³/mol. The van der Waals surface area contributed by atoms with Crippen LogP contribution in [0, 0.1) is 0 Å². The van der Waals surface area contributed by atoms with Gasteiger partial charge in [0.1, 0.15) is 0 Å². The van der Waals surface area contributed by atoms with Crippen LogP contribution in [0.1, 0.15) is 154 Å². The molecule has 0 aromatic heterocycles. The van der Waals surface area contributed by atoms with E-state index in [0.29, 0.717) is 0 Å². The van der Waals surface area contributed by atoms with E-state index in [2.05, 4.69) is 39.3 Å². The third kappa shape index (κ3) is 3.78. The summed E-state index contributed by atoms with van der Waals surface area (Å²) >= 11 is 0. The van der Waals surface area contributed by atoms with Crippen molar-refractivity contribution in [1.82, 2.24) is 0 Å². The van der Waals surface area contributed by atoms with Gasteiger partial charge in [0.2, 0.25) is 0 Å². The van der Waals surface area contributed by atoms with E-state index in [4.69, 9.17) is 0 Å². The zero-order valence-electron chi connectivity index (χ0n) is 29.4. The predicted octanol–water partition coefficient (Wildman–Crippen LogP) is 12.6. The van der Waals surface area contributed by atoms with Gasteiger partial charge in [-0.2, -0.15) is 0 Å². The molecule has 0 N–H and O–H groups in total. The second-order valence-corrected chi connectivity index (χ2v) is 84.8. The quantitative estimate of drug-likeness (QED) is 0.246. The molecule has 0 spiro atoms. The molecule has 7 fully saturated rings. The lowest BCUT2D eigenvalue weighted by molar-refractivity contribution is 0.793. The average molecular weight is 673 g/mol. The van der Waals surface area contributed by atoms with Crippen LogP contribution in [0.3, 0.4) is 0 Å². The summed E-state index contributed by atoms with van der Waals surface area (Å²) in [6.45, 7) is 20.6. The summed E-state index contributed by atoms with van der Waals surface area (Å²) < 4.78 is 0. The van der Waals surface area contributed by atoms with Gasteiger partial charge in [-0.05, 0) is 33.2 Å². The SMILES string of the molecule is C[Si]1(C2CCCC2)[Si](C)(C2CCCC2)[Si](C)(C2CCCC2)[Si](C)(C2CCCC2)[Si](C)(C2CCCC2)[Si]1(C)C1CCCC1. The Kier molecular flexibility index (Phi) is 8.71. The molecule has 0 unspecified atom stereocenters. The molecule has 6 heteroatoms. The first-order valence-corrected chi connectivity index (χ1v) is 41.6. The summed E-state index contributed by atoms with van der Waals surface area (Å²) in [6, 6.07) is 0. The first-order chi connectivity index (χ1) is 20.1. The second kappa shape index (κ2) is 11.5. The maximum Gasteiger partial charge on any atom is 0.0378 e. The Labute approximate surface area is 267 Å². The molecule has 6 saturated carbocycles. The van der Waals surface area contributed by atoms with Crippen molar-refractivity contribution in [1.29, 1.82) is 0 Å². The van der Waals surface area contributed by atoms with E-state index in [9.17, 15) is 0 Å². The van der Waals surface area contributed by atoms with E-state index in [1.807, 2.05) is 0 Å². The van der Waals surface area contributed by atoms with Crippen molar-refractivity contribution >= 4 is 42.7 Å². The minimum absolute atomic E-state index is 1.30. The molecule has 0 bridgehead atoms. The van der Waals surface area contributed by atoms with Crippen molar-refractivity contribution in [3.63, 3.8) is 0 Å². The van der Waals surface area contributed by atoms with E-state index in [1.54, 1.807) is 154 Å². The molecule has 0 aromatic rings. The molecule has 42 heavy (non-hydrogen) atoms. The lowest BCUT2D eigenvalue weighted by atomic mass is 10.4. The zero-order chi connectivity index (χ0) is 29.4. The molecule has 1 aliphatic heterocycles. The molecule has 0 radical (unpaired) electrons. The Bertz CT molecular complexity index is 744. The molecule has 6 aliphatic carbocycles. The van der Waals surface area contributed by atoms with Gasteiger partial charge in [0.15, 0.2) is 0 Å². The summed E-state index contributed by atoms with van der Waals surface area (Å²) in [6.07, 6.45) is 40.5. The van der Waals surface area contributed by atoms with E-state index in [1.165, 1.54) is 33.2 Å². The van der Waals surface area contributed by atoms with Gasteiger partial charge >= 0.3 is 0 Å². The molecule has 0 nitrogen and oxygen atoms in total. The lowest BCUT2D eigenvalue weighted by Gasteiger charge is -2.83. The molecular formula is C36H72Si6. The monoisotopic (exact) mass is 672 g/mol. The molecule has 1 saturated heterocycles. The highest BCUT2D eigenvalue weighted by Gasteiger charge is 2.88. The Hall–Kier alpha value is 1.30. The van der Waals surface area contributed by atoms with Crippen molar-refractivity contribution in [2.45, 2.75) is 227 Å². The van der Waals surface area contributed by atoms with Crippen LogP contribution in [-0.4, -0.2) is 42.7 Å². The Morgan fingerprint density at radius 2 is 0.310 bits per heavy atom. The Morgan fingerprint density at radius 1 is 0.214 bits per heavy atom. The first-order valence-electron chi connectivity index (χ1n) is 20.1. The smallest absolute Gasteiger partial charge is 0.0378 e. The number of hydrogen-bond donors (Lipinski definition) is 0. The molecule has 240 valence electrons. The zero-order valence-corrected chi connectivity index (χ0v) is 35.4. The van der Waals surface area contributed by atoms with Crippen LogP contribution < -0.4 is 0 Å². The van der Waals surface area contributed by atoms with E-state index >= 15 is 0 Å². The minimum Gasteiger partial charge on any atom is -0.0731 e. The van der Waals surface area contributed by atoms with Gasteiger partial charge in [-0.15, -0.1) is 0 Å². The van der Waals surface area contributed by atoms with Gasteiger partial charge in [-0.3, -0.25) is 0 Å². The first kappa shape index (κ1) is 31.9. The van der Waals surface area contributed by atoms with Crippen molar-refractivity contribution < 1.29 is 0 Å². The Balaban J connectivity index is 1.60. The van der Waals surface area contributed by atoms with Gasteiger partial charge in [0, 0.05) is 42.7 Å². The van der Waals surface area contributed by atoms with Crippen molar-refractivity contribution in [2.75, 3.05) is 0 Å². The van der Waals surface area contributed by atoms with E-state index in [-0.39, 0.29) is 0 Å². The maximum atomic E-state index is 3.43. The van der Waals surface area contributed by atoms with Crippen molar-refractivity contribution in [2.24, 2.45) is 0 Å². The van der Waals surface area contributed by atoms with Gasteiger partial charge in [0.05, 0.1) is 0 Å². The lowest BCUT2D eigenvalue weighted by Crippen LogP contribution is -3.07. The maximum absolute atomic E-state index is 3.43. The summed E-state index contributed by atoms with van der Waals surface area (Å²) in [4.78, 5) is 0. The van der Waals surface area contributed by atoms with Crippen LogP contribution in [0.4, 0.5) is 0 Å². The van der Waals surface area contributed by atoms with Crippen molar-refractivity contribution in [3.8, 4) is 0 Å². The summed E-state index contributed by atoms with van der Waals surface area (Å²) in [5.41, 5.74) is 7.81. The fraction of sp³-hybridized carbons (Fsp3) is 1.00. The van der Waals surface area contributed by atoms with Crippen LogP contribution >= 0.6 is 0 Å². The topological polar surface area (TPSA) is 0 Å². The molecule has 0 aromatic carbocycles. The molecule has 0 amide bonds. The molecule has 7 rings (SSSR count). The summed E-state index contributed by atoms with van der Waals surface area (Å²) in [5.74, 6) is 0. The van der Waals surface area contributed by atoms with Gasteiger partial charge in [-0.1, -0.05) is 193 Å².